The minimum atomic E-state index is -5.08. The van der Waals surface area contributed by atoms with E-state index in [0.717, 1.165) is 43.6 Å². The summed E-state index contributed by atoms with van der Waals surface area (Å²) in [5.41, 5.74) is 2.15. The van der Waals surface area contributed by atoms with Crippen LogP contribution in [0.3, 0.4) is 0 Å². The fraction of sp³-hybridized carbons (Fsp3) is 0.400. The Labute approximate surface area is 186 Å². The largest absolute Gasteiger partial charge is 0.490 e. The molecule has 0 bridgehead atoms. The van der Waals surface area contributed by atoms with Crippen LogP contribution in [0.25, 0.3) is 0 Å². The average Bonchev–Trinajstić information content (AvgIpc) is 2.71. The standard InChI is InChI=1S/C18H20ClN3O3.C2HF3O2/c1-12-9-20-18(21-10-12)25-14-4-6-22(7-5-14)11-13-2-3-15(17(23)24)16(19)8-13;3-2(4,5)1(6)7/h2-3,8-10,14H,4-7,11H2,1H3,(H,23,24);(H,6,7). The van der Waals surface area contributed by atoms with Crippen molar-refractivity contribution in [1.82, 2.24) is 14.9 Å². The van der Waals surface area contributed by atoms with Gasteiger partial charge < -0.3 is 14.9 Å². The number of aromatic nitrogens is 2. The zero-order chi connectivity index (χ0) is 23.9. The highest BCUT2D eigenvalue weighted by molar-refractivity contribution is 6.33. The minimum Gasteiger partial charge on any atom is -0.478 e. The van der Waals surface area contributed by atoms with E-state index >= 15 is 0 Å². The zero-order valence-electron chi connectivity index (χ0n) is 17.0. The number of carboxylic acid groups (broad SMARTS) is 2. The lowest BCUT2D eigenvalue weighted by molar-refractivity contribution is -0.192. The molecule has 3 rings (SSSR count). The lowest BCUT2D eigenvalue weighted by Gasteiger charge is -2.31. The predicted molar refractivity (Wildman–Crippen MR) is 108 cm³/mol. The lowest BCUT2D eigenvalue weighted by atomic mass is 10.1. The second-order valence-electron chi connectivity index (χ2n) is 7.06. The molecule has 2 N–H and O–H groups in total. The van der Waals surface area contributed by atoms with Crippen molar-refractivity contribution in [2.75, 3.05) is 13.1 Å². The van der Waals surface area contributed by atoms with Crippen LogP contribution < -0.4 is 4.74 Å². The second kappa shape index (κ2) is 11.1. The number of alkyl halides is 3. The first-order valence-corrected chi connectivity index (χ1v) is 9.83. The third-order valence-electron chi connectivity index (χ3n) is 4.48. The van der Waals surface area contributed by atoms with Crippen LogP contribution in [0.4, 0.5) is 13.2 Å². The summed E-state index contributed by atoms with van der Waals surface area (Å²) in [6.45, 7) is 4.48. The molecule has 12 heteroatoms. The van der Waals surface area contributed by atoms with E-state index in [1.54, 1.807) is 24.5 Å². The highest BCUT2D eigenvalue weighted by Crippen LogP contribution is 2.21. The van der Waals surface area contributed by atoms with Gasteiger partial charge in [0.25, 0.3) is 0 Å². The fourth-order valence-electron chi connectivity index (χ4n) is 2.86. The smallest absolute Gasteiger partial charge is 0.478 e. The number of nitrogens with zero attached hydrogens (tertiary/aromatic N) is 3. The number of aryl methyl sites for hydroxylation is 1. The van der Waals surface area contributed by atoms with Crippen molar-refractivity contribution < 1.29 is 37.7 Å². The van der Waals surface area contributed by atoms with Crippen molar-refractivity contribution in [3.63, 3.8) is 0 Å². The maximum atomic E-state index is 11.0. The molecule has 0 aliphatic carbocycles. The number of carboxylic acids is 2. The number of ether oxygens (including phenoxy) is 1. The molecule has 0 atom stereocenters. The molecule has 0 radical (unpaired) electrons. The Balaban J connectivity index is 0.000000451. The van der Waals surface area contributed by atoms with E-state index in [4.69, 9.17) is 31.3 Å². The molecule has 8 nitrogen and oxygen atoms in total. The summed E-state index contributed by atoms with van der Waals surface area (Å²) >= 11 is 6.03. The van der Waals surface area contributed by atoms with Gasteiger partial charge in [0.05, 0.1) is 10.6 Å². The molecule has 0 saturated carbocycles. The Morgan fingerprint density at radius 1 is 1.19 bits per heavy atom. The number of piperidine rings is 1. The van der Waals surface area contributed by atoms with Gasteiger partial charge in [-0.2, -0.15) is 13.2 Å². The predicted octanol–water partition coefficient (Wildman–Crippen LogP) is 3.81. The monoisotopic (exact) mass is 475 g/mol. The van der Waals surface area contributed by atoms with Crippen LogP contribution in [-0.2, 0) is 11.3 Å². The van der Waals surface area contributed by atoms with Crippen LogP contribution in [0.2, 0.25) is 5.02 Å². The van der Waals surface area contributed by atoms with Crippen molar-refractivity contribution in [2.24, 2.45) is 0 Å². The van der Waals surface area contributed by atoms with Crippen molar-refractivity contribution in [3.8, 4) is 6.01 Å². The van der Waals surface area contributed by atoms with Gasteiger partial charge in [0.2, 0.25) is 0 Å². The first kappa shape index (κ1) is 25.3. The van der Waals surface area contributed by atoms with Crippen molar-refractivity contribution in [1.29, 1.82) is 0 Å². The van der Waals surface area contributed by atoms with E-state index in [2.05, 4.69) is 14.9 Å². The van der Waals surface area contributed by atoms with Crippen LogP contribution in [-0.4, -0.2) is 62.4 Å². The van der Waals surface area contributed by atoms with Gasteiger partial charge in [0.1, 0.15) is 6.10 Å². The number of benzene rings is 1. The summed E-state index contributed by atoms with van der Waals surface area (Å²) in [6.07, 6.45) is 0.345. The van der Waals surface area contributed by atoms with Gasteiger partial charge in [-0.3, -0.25) is 4.90 Å². The Bertz CT molecular complexity index is 933. The molecule has 2 heterocycles. The number of halogens is 4. The van der Waals surface area contributed by atoms with E-state index in [1.807, 2.05) is 13.0 Å². The van der Waals surface area contributed by atoms with Crippen LogP contribution in [0.15, 0.2) is 30.6 Å². The van der Waals surface area contributed by atoms with E-state index in [9.17, 15) is 18.0 Å². The first-order valence-electron chi connectivity index (χ1n) is 9.45. The van der Waals surface area contributed by atoms with E-state index in [-0.39, 0.29) is 16.7 Å². The zero-order valence-corrected chi connectivity index (χ0v) is 17.7. The molecule has 2 aromatic rings. The summed E-state index contributed by atoms with van der Waals surface area (Å²) in [4.78, 5) is 30.6. The van der Waals surface area contributed by atoms with Gasteiger partial charge in [-0.25, -0.2) is 19.6 Å². The lowest BCUT2D eigenvalue weighted by Crippen LogP contribution is -2.38. The van der Waals surface area contributed by atoms with Crippen LogP contribution in [0.5, 0.6) is 6.01 Å². The van der Waals surface area contributed by atoms with E-state index < -0.39 is 18.1 Å². The molecule has 0 amide bonds. The number of aromatic carboxylic acids is 1. The summed E-state index contributed by atoms with van der Waals surface area (Å²) in [5, 5.41) is 16.4. The van der Waals surface area contributed by atoms with Crippen LogP contribution >= 0.6 is 11.6 Å². The normalized spacial score (nSPS) is 14.9. The maximum Gasteiger partial charge on any atom is 0.490 e. The molecular formula is C20H21ClF3N3O5. The van der Waals surface area contributed by atoms with Crippen LogP contribution in [0, 0.1) is 6.92 Å². The topological polar surface area (TPSA) is 113 Å². The fourth-order valence-corrected chi connectivity index (χ4v) is 3.15. The highest BCUT2D eigenvalue weighted by atomic mass is 35.5. The van der Waals surface area contributed by atoms with E-state index in [0.29, 0.717) is 6.01 Å². The molecule has 0 spiro atoms. The molecule has 32 heavy (non-hydrogen) atoms. The quantitative estimate of drug-likeness (QED) is 0.671. The summed E-state index contributed by atoms with van der Waals surface area (Å²) in [6, 6.07) is 5.54. The summed E-state index contributed by atoms with van der Waals surface area (Å²) < 4.78 is 37.6. The molecule has 174 valence electrons. The van der Waals surface area contributed by atoms with Crippen molar-refractivity contribution in [2.45, 2.75) is 38.6 Å². The van der Waals surface area contributed by atoms with Gasteiger partial charge >= 0.3 is 24.1 Å². The number of aliphatic carboxylic acids is 1. The number of hydrogen-bond acceptors (Lipinski definition) is 6. The van der Waals surface area contributed by atoms with Crippen LogP contribution in [0.1, 0.15) is 34.3 Å². The SMILES string of the molecule is Cc1cnc(OC2CCN(Cc3ccc(C(=O)O)c(Cl)c3)CC2)nc1.O=C(O)C(F)(F)F. The van der Waals surface area contributed by atoms with Gasteiger partial charge in [0.15, 0.2) is 0 Å². The summed E-state index contributed by atoms with van der Waals surface area (Å²) in [7, 11) is 0. The number of hydrogen-bond donors (Lipinski definition) is 2. The molecular weight excluding hydrogens is 455 g/mol. The van der Waals surface area contributed by atoms with Gasteiger partial charge in [0, 0.05) is 32.0 Å². The third-order valence-corrected chi connectivity index (χ3v) is 4.79. The van der Waals surface area contributed by atoms with Crippen molar-refractivity contribution >= 4 is 23.5 Å². The molecule has 1 aromatic carbocycles. The third kappa shape index (κ3) is 7.97. The number of likely N-dealkylation sites (tertiary alicyclic amines) is 1. The highest BCUT2D eigenvalue weighted by Gasteiger charge is 2.38. The first-order chi connectivity index (χ1) is 15.0. The molecule has 1 aliphatic rings. The van der Waals surface area contributed by atoms with E-state index in [1.165, 1.54) is 0 Å². The Morgan fingerprint density at radius 3 is 2.22 bits per heavy atom. The number of rotatable bonds is 5. The molecule has 1 saturated heterocycles. The molecule has 1 fully saturated rings. The Morgan fingerprint density at radius 2 is 1.75 bits per heavy atom. The molecule has 0 unspecified atom stereocenters. The second-order valence-corrected chi connectivity index (χ2v) is 7.47. The van der Waals surface area contributed by atoms with Gasteiger partial charge in [-0.15, -0.1) is 0 Å². The summed E-state index contributed by atoms with van der Waals surface area (Å²) in [5.74, 6) is -3.76. The Kier molecular flexibility index (Phi) is 8.79. The van der Waals surface area contributed by atoms with Gasteiger partial charge in [-0.1, -0.05) is 17.7 Å². The average molecular weight is 476 g/mol. The maximum absolute atomic E-state index is 11.0. The minimum absolute atomic E-state index is 0.122. The number of carbonyl (C=O) groups is 2. The molecule has 1 aliphatic heterocycles. The molecule has 1 aromatic heterocycles. The van der Waals surface area contributed by atoms with Gasteiger partial charge in [-0.05, 0) is 43.0 Å². The van der Waals surface area contributed by atoms with Crippen molar-refractivity contribution in [3.05, 3.63) is 52.3 Å². The Hall–Kier alpha value is -2.92.